The largest absolute Gasteiger partial charge is 0.465 e. The quantitative estimate of drug-likeness (QED) is 0.716. The van der Waals surface area contributed by atoms with Crippen LogP contribution in [0.1, 0.15) is 34.1 Å². The molecule has 17 heavy (non-hydrogen) atoms. The van der Waals surface area contributed by atoms with Crippen molar-refractivity contribution in [1.29, 1.82) is 0 Å². The summed E-state index contributed by atoms with van der Waals surface area (Å²) in [6.45, 7) is 7.24. The number of amides is 2. The second kappa shape index (κ2) is 6.44. The van der Waals surface area contributed by atoms with Gasteiger partial charge in [0.25, 0.3) is 0 Å². The fourth-order valence-electron chi connectivity index (χ4n) is 1.72. The van der Waals surface area contributed by atoms with E-state index in [1.807, 2.05) is 0 Å². The van der Waals surface area contributed by atoms with Crippen LogP contribution in [0.25, 0.3) is 0 Å². The highest BCUT2D eigenvalue weighted by molar-refractivity contribution is 5.77. The summed E-state index contributed by atoms with van der Waals surface area (Å²) in [6, 6.07) is -0.385. The van der Waals surface area contributed by atoms with E-state index in [1.54, 1.807) is 27.7 Å². The van der Waals surface area contributed by atoms with E-state index >= 15 is 0 Å². The first-order valence-electron chi connectivity index (χ1n) is 5.48. The third-order valence-corrected chi connectivity index (χ3v) is 2.26. The van der Waals surface area contributed by atoms with Crippen molar-refractivity contribution in [3.8, 4) is 0 Å². The summed E-state index contributed by atoms with van der Waals surface area (Å²) in [6.07, 6.45) is -0.906. The Morgan fingerprint density at radius 1 is 1.41 bits per heavy atom. The Morgan fingerprint density at radius 3 is 2.29 bits per heavy atom. The van der Waals surface area contributed by atoms with Gasteiger partial charge in [-0.05, 0) is 27.7 Å². The lowest BCUT2D eigenvalue weighted by molar-refractivity contribution is -0.123. The van der Waals surface area contributed by atoms with Crippen molar-refractivity contribution in [2.24, 2.45) is 0 Å². The molecule has 2 N–H and O–H groups in total. The van der Waals surface area contributed by atoms with Gasteiger partial charge in [0, 0.05) is 25.1 Å². The Balaban J connectivity index is 4.49. The lowest BCUT2D eigenvalue weighted by atomic mass is 10.0. The number of nitrogens with zero attached hydrogens (tertiary/aromatic N) is 1. The van der Waals surface area contributed by atoms with Gasteiger partial charge < -0.3 is 20.1 Å². The summed E-state index contributed by atoms with van der Waals surface area (Å²) in [7, 11) is 1.47. The summed E-state index contributed by atoms with van der Waals surface area (Å²) in [5, 5.41) is 11.7. The van der Waals surface area contributed by atoms with Crippen LogP contribution in [0.5, 0.6) is 0 Å². The number of nitrogens with one attached hydrogen (secondary N) is 1. The number of ether oxygens (including phenoxy) is 1. The molecule has 1 unspecified atom stereocenters. The van der Waals surface area contributed by atoms with Crippen molar-refractivity contribution < 1.29 is 19.4 Å². The molecule has 0 fully saturated rings. The third-order valence-electron chi connectivity index (χ3n) is 2.26. The van der Waals surface area contributed by atoms with Crippen LogP contribution < -0.4 is 5.32 Å². The third kappa shape index (κ3) is 5.53. The molecule has 0 rings (SSSR count). The summed E-state index contributed by atoms with van der Waals surface area (Å²) in [5.74, 6) is -0.227. The van der Waals surface area contributed by atoms with Crippen molar-refractivity contribution in [2.45, 2.75) is 45.7 Å². The molecule has 0 aliphatic carbocycles. The lowest BCUT2D eigenvalue weighted by Gasteiger charge is -2.37. The summed E-state index contributed by atoms with van der Waals surface area (Å²) >= 11 is 0. The van der Waals surface area contributed by atoms with Gasteiger partial charge in [-0.25, -0.2) is 4.79 Å². The molecule has 0 aliphatic rings. The van der Waals surface area contributed by atoms with Crippen LogP contribution in [-0.4, -0.2) is 47.4 Å². The molecule has 0 heterocycles. The SMILES string of the molecule is COCNC(=O)CC(C)N(C(=O)O)C(C)(C)C. The minimum absolute atomic E-state index is 0.118. The zero-order valence-electron chi connectivity index (χ0n) is 11.1. The Bertz CT molecular complexity index is 273. The van der Waals surface area contributed by atoms with E-state index in [-0.39, 0.29) is 25.1 Å². The molecule has 0 aromatic rings. The normalized spacial score (nSPS) is 13.0. The maximum atomic E-state index is 11.5. The lowest BCUT2D eigenvalue weighted by Crippen LogP contribution is -2.51. The van der Waals surface area contributed by atoms with E-state index in [0.717, 1.165) is 0 Å². The standard InChI is InChI=1S/C11H22N2O4/c1-8(6-9(14)12-7-17-5)13(10(15)16)11(2,3)4/h8H,6-7H2,1-5H3,(H,12,14)(H,15,16). The second-order valence-corrected chi connectivity index (χ2v) is 4.91. The van der Waals surface area contributed by atoms with Crippen LogP contribution in [0, 0.1) is 0 Å². The smallest absolute Gasteiger partial charge is 0.407 e. The van der Waals surface area contributed by atoms with Gasteiger partial charge in [-0.3, -0.25) is 4.79 Å². The van der Waals surface area contributed by atoms with Crippen molar-refractivity contribution in [3.63, 3.8) is 0 Å². The highest BCUT2D eigenvalue weighted by Gasteiger charge is 2.31. The van der Waals surface area contributed by atoms with Gasteiger partial charge in [0.05, 0.1) is 0 Å². The number of carbonyl (C=O) groups excluding carboxylic acids is 1. The molecule has 0 bridgehead atoms. The maximum Gasteiger partial charge on any atom is 0.407 e. The monoisotopic (exact) mass is 246 g/mol. The first-order valence-corrected chi connectivity index (χ1v) is 5.48. The first-order chi connectivity index (χ1) is 7.70. The summed E-state index contributed by atoms with van der Waals surface area (Å²) < 4.78 is 4.71. The Kier molecular flexibility index (Phi) is 5.95. The zero-order valence-corrected chi connectivity index (χ0v) is 11.1. The van der Waals surface area contributed by atoms with E-state index in [4.69, 9.17) is 9.84 Å². The predicted molar refractivity (Wildman–Crippen MR) is 63.7 cm³/mol. The summed E-state index contributed by atoms with van der Waals surface area (Å²) in [5.41, 5.74) is -0.535. The van der Waals surface area contributed by atoms with Crippen LogP contribution in [0.4, 0.5) is 4.79 Å². The molecule has 0 saturated heterocycles. The second-order valence-electron chi connectivity index (χ2n) is 4.91. The molecule has 6 nitrogen and oxygen atoms in total. The van der Waals surface area contributed by atoms with E-state index in [2.05, 4.69) is 5.32 Å². The number of methoxy groups -OCH3 is 1. The van der Waals surface area contributed by atoms with Gasteiger partial charge >= 0.3 is 6.09 Å². The number of carbonyl (C=O) groups is 2. The topological polar surface area (TPSA) is 78.9 Å². The van der Waals surface area contributed by atoms with Gasteiger partial charge in [0.2, 0.25) is 5.91 Å². The fraction of sp³-hybridized carbons (Fsp3) is 0.818. The maximum absolute atomic E-state index is 11.5. The highest BCUT2D eigenvalue weighted by atomic mass is 16.5. The van der Waals surface area contributed by atoms with Crippen LogP contribution in [-0.2, 0) is 9.53 Å². The first kappa shape index (κ1) is 15.7. The molecular weight excluding hydrogens is 224 g/mol. The predicted octanol–water partition coefficient (Wildman–Crippen LogP) is 1.26. The van der Waals surface area contributed by atoms with Gasteiger partial charge in [0.15, 0.2) is 0 Å². The van der Waals surface area contributed by atoms with E-state index in [0.29, 0.717) is 0 Å². The van der Waals surface area contributed by atoms with Crippen molar-refractivity contribution in [1.82, 2.24) is 10.2 Å². The van der Waals surface area contributed by atoms with Crippen LogP contribution in [0.15, 0.2) is 0 Å². The van der Waals surface area contributed by atoms with Crippen molar-refractivity contribution in [3.05, 3.63) is 0 Å². The number of carboxylic acid groups (broad SMARTS) is 1. The highest BCUT2D eigenvalue weighted by Crippen LogP contribution is 2.18. The van der Waals surface area contributed by atoms with E-state index in [9.17, 15) is 9.59 Å². The molecule has 0 spiro atoms. The molecule has 1 atom stereocenters. The minimum atomic E-state index is -1.02. The zero-order chi connectivity index (χ0) is 13.6. The van der Waals surface area contributed by atoms with E-state index in [1.165, 1.54) is 12.0 Å². The Morgan fingerprint density at radius 2 is 1.94 bits per heavy atom. The molecule has 0 aromatic heterocycles. The van der Waals surface area contributed by atoms with Gasteiger partial charge in [0.1, 0.15) is 6.73 Å². The van der Waals surface area contributed by atoms with Crippen LogP contribution >= 0.6 is 0 Å². The molecule has 6 heteroatoms. The Hall–Kier alpha value is -1.30. The molecule has 2 amide bonds. The molecule has 0 aromatic carbocycles. The van der Waals surface area contributed by atoms with Crippen LogP contribution in [0.2, 0.25) is 0 Å². The summed E-state index contributed by atoms with van der Waals surface area (Å²) in [4.78, 5) is 23.9. The number of hydrogen-bond acceptors (Lipinski definition) is 3. The molecule has 0 saturated carbocycles. The van der Waals surface area contributed by atoms with Gasteiger partial charge in [-0.2, -0.15) is 0 Å². The molecule has 0 radical (unpaired) electrons. The van der Waals surface area contributed by atoms with Crippen molar-refractivity contribution in [2.75, 3.05) is 13.8 Å². The van der Waals surface area contributed by atoms with E-state index < -0.39 is 11.6 Å². The average Bonchev–Trinajstić information content (AvgIpc) is 2.11. The molecule has 100 valence electrons. The minimum Gasteiger partial charge on any atom is -0.465 e. The number of hydrogen-bond donors (Lipinski definition) is 2. The molecular formula is C11H22N2O4. The average molecular weight is 246 g/mol. The van der Waals surface area contributed by atoms with Crippen molar-refractivity contribution >= 4 is 12.0 Å². The fourth-order valence-corrected chi connectivity index (χ4v) is 1.72. The number of rotatable bonds is 5. The van der Waals surface area contributed by atoms with Crippen LogP contribution in [0.3, 0.4) is 0 Å². The van der Waals surface area contributed by atoms with Gasteiger partial charge in [-0.1, -0.05) is 0 Å². The van der Waals surface area contributed by atoms with Gasteiger partial charge in [-0.15, -0.1) is 0 Å². The Labute approximate surface area is 102 Å². The molecule has 0 aliphatic heterocycles.